The van der Waals surface area contributed by atoms with Gasteiger partial charge >= 0.3 is 0 Å². The van der Waals surface area contributed by atoms with Gasteiger partial charge in [0, 0.05) is 12.6 Å². The van der Waals surface area contributed by atoms with Gasteiger partial charge in [0.15, 0.2) is 17.0 Å². The molecular weight excluding hydrogens is 328 g/mol. The molecule has 144 valence electrons. The molecule has 0 spiro atoms. The molecule has 2 heterocycles. The Balaban J connectivity index is 1.88. The molecule has 0 bridgehead atoms. The average Bonchev–Trinajstić information content (AvgIpc) is 3.09. The number of rotatable bonds is 8. The van der Waals surface area contributed by atoms with Crippen LogP contribution >= 0.6 is 0 Å². The van der Waals surface area contributed by atoms with E-state index in [0.29, 0.717) is 11.9 Å². The lowest BCUT2D eigenvalue weighted by Gasteiger charge is -2.22. The largest absolute Gasteiger partial charge is 0.394 e. The molecule has 0 saturated heterocycles. The summed E-state index contributed by atoms with van der Waals surface area (Å²) in [5.41, 5.74) is 1.65. The van der Waals surface area contributed by atoms with Crippen molar-refractivity contribution >= 4 is 22.9 Å². The molecule has 2 aromatic heterocycles. The fourth-order valence-electron chi connectivity index (χ4n) is 3.57. The average molecular weight is 361 g/mol. The minimum Gasteiger partial charge on any atom is -0.394 e. The van der Waals surface area contributed by atoms with Crippen molar-refractivity contribution in [1.82, 2.24) is 19.5 Å². The van der Waals surface area contributed by atoms with Gasteiger partial charge in [-0.3, -0.25) is 0 Å². The van der Waals surface area contributed by atoms with Gasteiger partial charge in [-0.25, -0.2) is 4.98 Å². The summed E-state index contributed by atoms with van der Waals surface area (Å²) < 4.78 is 2.06. The van der Waals surface area contributed by atoms with Gasteiger partial charge < -0.3 is 20.3 Å². The molecule has 0 aliphatic heterocycles. The van der Waals surface area contributed by atoms with Crippen LogP contribution in [0.1, 0.15) is 65.3 Å². The molecule has 1 aliphatic carbocycles. The number of aliphatic hydroxyl groups excluding tert-OH is 1. The highest BCUT2D eigenvalue weighted by Crippen LogP contribution is 2.27. The molecule has 3 rings (SSSR count). The Morgan fingerprint density at radius 1 is 1.23 bits per heavy atom. The molecule has 0 radical (unpaired) electrons. The van der Waals surface area contributed by atoms with Crippen molar-refractivity contribution in [3.05, 3.63) is 6.33 Å². The SMILES string of the molecule is CCC(CO)Nc1nc(NCC2CCCCC2)c2ncn(C(C)C)c2n1. The van der Waals surface area contributed by atoms with Crippen LogP contribution in [0.25, 0.3) is 11.2 Å². The molecular formula is C19H32N6O. The van der Waals surface area contributed by atoms with Crippen LogP contribution < -0.4 is 10.6 Å². The zero-order chi connectivity index (χ0) is 18.5. The Morgan fingerprint density at radius 3 is 2.65 bits per heavy atom. The van der Waals surface area contributed by atoms with E-state index in [9.17, 15) is 5.11 Å². The summed E-state index contributed by atoms with van der Waals surface area (Å²) in [5, 5.41) is 16.3. The normalized spacial score (nSPS) is 17.0. The first-order valence-corrected chi connectivity index (χ1v) is 9.98. The van der Waals surface area contributed by atoms with Crippen LogP contribution in [0.4, 0.5) is 11.8 Å². The summed E-state index contributed by atoms with van der Waals surface area (Å²) in [6, 6.07) is 0.225. The fraction of sp³-hybridized carbons (Fsp3) is 0.737. The Bertz CT molecular complexity index is 703. The Labute approximate surface area is 155 Å². The molecule has 7 nitrogen and oxygen atoms in total. The van der Waals surface area contributed by atoms with Gasteiger partial charge in [0.1, 0.15) is 0 Å². The third-order valence-electron chi connectivity index (χ3n) is 5.31. The van der Waals surface area contributed by atoms with Crippen molar-refractivity contribution in [3.8, 4) is 0 Å². The summed E-state index contributed by atoms with van der Waals surface area (Å²) in [5.74, 6) is 2.04. The third-order valence-corrected chi connectivity index (χ3v) is 5.31. The first-order valence-electron chi connectivity index (χ1n) is 9.98. The molecule has 2 aromatic rings. The maximum absolute atomic E-state index is 9.50. The van der Waals surface area contributed by atoms with Crippen LogP contribution in [0.2, 0.25) is 0 Å². The fourth-order valence-corrected chi connectivity index (χ4v) is 3.57. The standard InChI is InChI=1S/C19H32N6O/c1-4-15(11-26)22-19-23-17(20-10-14-8-6-5-7-9-14)16-18(24-19)25(12-21-16)13(2)3/h12-15,26H,4-11H2,1-3H3,(H2,20,22,23,24). The Morgan fingerprint density at radius 2 is 2.00 bits per heavy atom. The van der Waals surface area contributed by atoms with E-state index in [1.165, 1.54) is 32.1 Å². The molecule has 0 aromatic carbocycles. The summed E-state index contributed by atoms with van der Waals surface area (Å²) >= 11 is 0. The van der Waals surface area contributed by atoms with E-state index in [2.05, 4.69) is 44.0 Å². The number of aliphatic hydroxyl groups is 1. The van der Waals surface area contributed by atoms with Gasteiger partial charge in [0.2, 0.25) is 5.95 Å². The van der Waals surface area contributed by atoms with Crippen LogP contribution in [0.3, 0.4) is 0 Å². The van der Waals surface area contributed by atoms with Crippen LogP contribution in [0.5, 0.6) is 0 Å². The third kappa shape index (κ3) is 4.26. The lowest BCUT2D eigenvalue weighted by atomic mass is 9.89. The van der Waals surface area contributed by atoms with Crippen LogP contribution in [0.15, 0.2) is 6.33 Å². The van der Waals surface area contributed by atoms with Crippen molar-refractivity contribution in [2.45, 2.75) is 71.4 Å². The second kappa shape index (κ2) is 8.66. The quantitative estimate of drug-likeness (QED) is 0.667. The number of hydrogen-bond donors (Lipinski definition) is 3. The summed E-state index contributed by atoms with van der Waals surface area (Å²) in [7, 11) is 0. The lowest BCUT2D eigenvalue weighted by Crippen LogP contribution is -2.24. The molecule has 1 saturated carbocycles. The zero-order valence-electron chi connectivity index (χ0n) is 16.2. The van der Waals surface area contributed by atoms with Crippen LogP contribution in [0, 0.1) is 5.92 Å². The van der Waals surface area contributed by atoms with Gasteiger partial charge in [0.25, 0.3) is 0 Å². The number of fused-ring (bicyclic) bond motifs is 1. The molecule has 0 amide bonds. The van der Waals surface area contributed by atoms with Gasteiger partial charge in [-0.2, -0.15) is 9.97 Å². The minimum atomic E-state index is -0.0472. The first-order chi connectivity index (χ1) is 12.6. The topological polar surface area (TPSA) is 87.9 Å². The molecule has 1 fully saturated rings. The predicted octanol–water partition coefficient (Wildman–Crippen LogP) is 3.58. The van der Waals surface area contributed by atoms with Crippen molar-refractivity contribution in [3.63, 3.8) is 0 Å². The summed E-state index contributed by atoms with van der Waals surface area (Å²) in [4.78, 5) is 13.9. The van der Waals surface area contributed by atoms with E-state index >= 15 is 0 Å². The second-order valence-electron chi connectivity index (χ2n) is 7.63. The van der Waals surface area contributed by atoms with Gasteiger partial charge in [-0.1, -0.05) is 26.2 Å². The number of hydrogen-bond acceptors (Lipinski definition) is 6. The van der Waals surface area contributed by atoms with E-state index < -0.39 is 0 Å². The van der Waals surface area contributed by atoms with Crippen molar-refractivity contribution in [2.75, 3.05) is 23.8 Å². The smallest absolute Gasteiger partial charge is 0.227 e. The molecule has 3 N–H and O–H groups in total. The van der Waals surface area contributed by atoms with Gasteiger partial charge in [-0.15, -0.1) is 0 Å². The minimum absolute atomic E-state index is 0.0472. The monoisotopic (exact) mass is 360 g/mol. The molecule has 26 heavy (non-hydrogen) atoms. The lowest BCUT2D eigenvalue weighted by molar-refractivity contribution is 0.271. The predicted molar refractivity (Wildman–Crippen MR) is 106 cm³/mol. The Kier molecular flexibility index (Phi) is 6.29. The Hall–Kier alpha value is -1.89. The number of nitrogens with one attached hydrogen (secondary N) is 2. The van der Waals surface area contributed by atoms with Crippen LogP contribution in [-0.2, 0) is 0 Å². The highest BCUT2D eigenvalue weighted by atomic mass is 16.3. The maximum atomic E-state index is 9.50. The van der Waals surface area contributed by atoms with E-state index in [4.69, 9.17) is 0 Å². The first kappa shape index (κ1) is 18.9. The maximum Gasteiger partial charge on any atom is 0.227 e. The summed E-state index contributed by atoms with van der Waals surface area (Å²) in [6.07, 6.45) is 9.24. The van der Waals surface area contributed by atoms with E-state index in [-0.39, 0.29) is 18.7 Å². The highest BCUT2D eigenvalue weighted by molar-refractivity contribution is 5.84. The molecule has 1 aliphatic rings. The number of anilines is 2. The molecule has 7 heteroatoms. The van der Waals surface area contributed by atoms with E-state index in [0.717, 1.165) is 29.9 Å². The zero-order valence-corrected chi connectivity index (χ0v) is 16.2. The molecule has 1 atom stereocenters. The number of aromatic nitrogens is 4. The highest BCUT2D eigenvalue weighted by Gasteiger charge is 2.18. The number of nitrogens with zero attached hydrogens (tertiary/aromatic N) is 4. The van der Waals surface area contributed by atoms with Crippen molar-refractivity contribution in [2.24, 2.45) is 5.92 Å². The van der Waals surface area contributed by atoms with Crippen LogP contribution in [-0.4, -0.2) is 43.8 Å². The van der Waals surface area contributed by atoms with E-state index in [1.807, 2.05) is 13.3 Å². The van der Waals surface area contributed by atoms with Crippen molar-refractivity contribution in [1.29, 1.82) is 0 Å². The van der Waals surface area contributed by atoms with Gasteiger partial charge in [0.05, 0.1) is 19.0 Å². The van der Waals surface area contributed by atoms with E-state index in [1.54, 1.807) is 0 Å². The summed E-state index contributed by atoms with van der Waals surface area (Å²) in [6.45, 7) is 7.26. The number of imidazole rings is 1. The second-order valence-corrected chi connectivity index (χ2v) is 7.63. The van der Waals surface area contributed by atoms with Gasteiger partial charge in [-0.05, 0) is 39.0 Å². The molecule has 1 unspecified atom stereocenters. The van der Waals surface area contributed by atoms with Crippen molar-refractivity contribution < 1.29 is 5.11 Å².